The number of nitrogens with zero attached hydrogens (tertiary/aromatic N) is 2. The third-order valence-corrected chi connectivity index (χ3v) is 4.24. The minimum atomic E-state index is -0.564. The van der Waals surface area contributed by atoms with E-state index in [0.29, 0.717) is 24.8 Å². The monoisotopic (exact) mass is 311 g/mol. The van der Waals surface area contributed by atoms with Crippen LogP contribution in [-0.4, -0.2) is 61.9 Å². The summed E-state index contributed by atoms with van der Waals surface area (Å²) in [6.07, 6.45) is 1.06. The Morgan fingerprint density at radius 3 is 2.05 bits per heavy atom. The zero-order valence-corrected chi connectivity index (χ0v) is 15.1. The molecule has 1 atom stereocenters. The van der Waals surface area contributed by atoms with Crippen LogP contribution >= 0.6 is 0 Å². The van der Waals surface area contributed by atoms with Crippen LogP contribution in [0, 0.1) is 17.3 Å². The number of carbonyl (C=O) groups is 2. The Bertz CT molecular complexity index is 387. The van der Waals surface area contributed by atoms with Gasteiger partial charge in [-0.3, -0.25) is 9.59 Å². The molecule has 128 valence electrons. The molecule has 5 heteroatoms. The number of amides is 2. The van der Waals surface area contributed by atoms with Gasteiger partial charge in [-0.15, -0.1) is 0 Å². The van der Waals surface area contributed by atoms with Crippen LogP contribution in [0.2, 0.25) is 0 Å². The highest BCUT2D eigenvalue weighted by Gasteiger charge is 2.45. The molecule has 0 aromatic carbocycles. The van der Waals surface area contributed by atoms with Crippen LogP contribution in [0.25, 0.3) is 0 Å². The molecule has 0 aliphatic carbocycles. The molecular formula is C17H33N3O2. The summed E-state index contributed by atoms with van der Waals surface area (Å²) in [6, 6.07) is 0. The Labute approximate surface area is 135 Å². The molecule has 1 fully saturated rings. The van der Waals surface area contributed by atoms with E-state index >= 15 is 0 Å². The first-order chi connectivity index (χ1) is 10.2. The second-order valence-corrected chi connectivity index (χ2v) is 7.63. The Morgan fingerprint density at radius 2 is 1.59 bits per heavy atom. The van der Waals surface area contributed by atoms with Gasteiger partial charge in [-0.25, -0.2) is 0 Å². The summed E-state index contributed by atoms with van der Waals surface area (Å²) < 4.78 is 0. The van der Waals surface area contributed by atoms with Crippen LogP contribution in [0.3, 0.4) is 0 Å². The maximum Gasteiger partial charge on any atom is 0.230 e. The standard InChI is InChI=1S/C17H33N3O2/c1-13(2)10-19(5)15(21)9-17(7-8-18-12-17)16(22)20(6)11-14(3)4/h13-14,18H,7-12H2,1-6H3. The molecule has 22 heavy (non-hydrogen) atoms. The number of nitrogens with one attached hydrogen (secondary N) is 1. The SMILES string of the molecule is CC(C)CN(C)C(=O)CC1(C(=O)N(C)CC(C)C)CCNC1. The predicted octanol–water partition coefficient (Wildman–Crippen LogP) is 1.58. The Hall–Kier alpha value is -1.10. The summed E-state index contributed by atoms with van der Waals surface area (Å²) in [4.78, 5) is 29.0. The zero-order chi connectivity index (χ0) is 16.9. The van der Waals surface area contributed by atoms with E-state index in [9.17, 15) is 9.59 Å². The highest BCUT2D eigenvalue weighted by molar-refractivity contribution is 5.89. The minimum absolute atomic E-state index is 0.0729. The molecule has 1 aliphatic heterocycles. The van der Waals surface area contributed by atoms with Crippen LogP contribution in [0.4, 0.5) is 0 Å². The van der Waals surface area contributed by atoms with Gasteiger partial charge in [-0.05, 0) is 24.8 Å². The van der Waals surface area contributed by atoms with Gasteiger partial charge in [0.2, 0.25) is 11.8 Å². The van der Waals surface area contributed by atoms with Crippen LogP contribution in [-0.2, 0) is 9.59 Å². The van der Waals surface area contributed by atoms with Gasteiger partial charge in [0.1, 0.15) is 0 Å². The number of rotatable bonds is 7. The van der Waals surface area contributed by atoms with Crippen LogP contribution in [0.1, 0.15) is 40.5 Å². The maximum absolute atomic E-state index is 12.9. The van der Waals surface area contributed by atoms with Crippen molar-refractivity contribution in [1.82, 2.24) is 15.1 Å². The lowest BCUT2D eigenvalue weighted by Gasteiger charge is -2.33. The summed E-state index contributed by atoms with van der Waals surface area (Å²) in [7, 11) is 3.69. The molecule has 0 aromatic heterocycles. The van der Waals surface area contributed by atoms with Crippen molar-refractivity contribution in [3.63, 3.8) is 0 Å². The average Bonchev–Trinajstić information content (AvgIpc) is 2.85. The van der Waals surface area contributed by atoms with Crippen molar-refractivity contribution in [3.05, 3.63) is 0 Å². The van der Waals surface area contributed by atoms with Gasteiger partial charge < -0.3 is 15.1 Å². The third-order valence-electron chi connectivity index (χ3n) is 4.24. The third kappa shape index (κ3) is 4.97. The van der Waals surface area contributed by atoms with Crippen molar-refractivity contribution in [2.75, 3.05) is 40.3 Å². The Kier molecular flexibility index (Phi) is 6.85. The zero-order valence-electron chi connectivity index (χ0n) is 15.1. The van der Waals surface area contributed by atoms with Gasteiger partial charge in [-0.1, -0.05) is 27.7 Å². The van der Waals surface area contributed by atoms with E-state index in [2.05, 4.69) is 33.0 Å². The number of hydrogen-bond donors (Lipinski definition) is 1. The molecule has 1 unspecified atom stereocenters. The maximum atomic E-state index is 12.9. The van der Waals surface area contributed by atoms with Gasteiger partial charge >= 0.3 is 0 Å². The normalized spacial score (nSPS) is 21.5. The molecule has 0 bridgehead atoms. The van der Waals surface area contributed by atoms with Crippen molar-refractivity contribution < 1.29 is 9.59 Å². The Morgan fingerprint density at radius 1 is 1.05 bits per heavy atom. The van der Waals surface area contributed by atoms with Gasteiger partial charge in [0.25, 0.3) is 0 Å². The fourth-order valence-electron chi connectivity index (χ4n) is 3.26. The molecule has 5 nitrogen and oxygen atoms in total. The van der Waals surface area contributed by atoms with Gasteiger partial charge in [0, 0.05) is 40.2 Å². The van der Waals surface area contributed by atoms with Crippen molar-refractivity contribution in [1.29, 1.82) is 0 Å². The molecule has 1 aliphatic rings. The summed E-state index contributed by atoms with van der Waals surface area (Å²) >= 11 is 0. The predicted molar refractivity (Wildman–Crippen MR) is 89.5 cm³/mol. The lowest BCUT2D eigenvalue weighted by molar-refractivity contribution is -0.146. The van der Waals surface area contributed by atoms with E-state index in [1.165, 1.54) is 0 Å². The van der Waals surface area contributed by atoms with Crippen LogP contribution < -0.4 is 5.32 Å². The van der Waals surface area contributed by atoms with E-state index in [-0.39, 0.29) is 11.8 Å². The van der Waals surface area contributed by atoms with Gasteiger partial charge in [-0.2, -0.15) is 0 Å². The first kappa shape index (κ1) is 18.9. The second kappa shape index (κ2) is 7.95. The first-order valence-electron chi connectivity index (χ1n) is 8.38. The smallest absolute Gasteiger partial charge is 0.230 e. The highest BCUT2D eigenvalue weighted by Crippen LogP contribution is 2.32. The van der Waals surface area contributed by atoms with E-state index in [0.717, 1.165) is 26.1 Å². The molecule has 0 radical (unpaired) electrons. The molecule has 1 rings (SSSR count). The fraction of sp³-hybridized carbons (Fsp3) is 0.882. The molecular weight excluding hydrogens is 278 g/mol. The average molecular weight is 311 g/mol. The van der Waals surface area contributed by atoms with Crippen molar-refractivity contribution in [2.24, 2.45) is 17.3 Å². The quantitative estimate of drug-likeness (QED) is 0.777. The Balaban J connectivity index is 2.79. The molecule has 1 heterocycles. The molecule has 1 N–H and O–H groups in total. The van der Waals surface area contributed by atoms with Crippen molar-refractivity contribution in [3.8, 4) is 0 Å². The van der Waals surface area contributed by atoms with Gasteiger partial charge in [0.05, 0.1) is 5.41 Å². The van der Waals surface area contributed by atoms with E-state index < -0.39 is 5.41 Å². The van der Waals surface area contributed by atoms with Gasteiger partial charge in [0.15, 0.2) is 0 Å². The summed E-state index contributed by atoms with van der Waals surface area (Å²) in [5.74, 6) is 1.05. The fourth-order valence-corrected chi connectivity index (χ4v) is 3.26. The van der Waals surface area contributed by atoms with Crippen molar-refractivity contribution >= 4 is 11.8 Å². The van der Waals surface area contributed by atoms with E-state index in [4.69, 9.17) is 0 Å². The highest BCUT2D eigenvalue weighted by atomic mass is 16.2. The number of hydrogen-bond acceptors (Lipinski definition) is 3. The molecule has 0 saturated carbocycles. The van der Waals surface area contributed by atoms with E-state index in [1.54, 1.807) is 9.80 Å². The lowest BCUT2D eigenvalue weighted by Crippen LogP contribution is -2.47. The molecule has 2 amide bonds. The molecule has 1 saturated heterocycles. The molecule has 0 aromatic rings. The summed E-state index contributed by atoms with van der Waals surface area (Å²) in [6.45, 7) is 11.3. The van der Waals surface area contributed by atoms with E-state index in [1.807, 2.05) is 14.1 Å². The summed E-state index contributed by atoms with van der Waals surface area (Å²) in [5, 5.41) is 3.27. The van der Waals surface area contributed by atoms with Crippen LogP contribution in [0.15, 0.2) is 0 Å². The lowest BCUT2D eigenvalue weighted by atomic mass is 9.81. The first-order valence-corrected chi connectivity index (χ1v) is 8.38. The summed E-state index contributed by atoms with van der Waals surface area (Å²) in [5.41, 5.74) is -0.564. The topological polar surface area (TPSA) is 52.7 Å². The van der Waals surface area contributed by atoms with Crippen molar-refractivity contribution in [2.45, 2.75) is 40.5 Å². The molecule has 0 spiro atoms. The van der Waals surface area contributed by atoms with Crippen LogP contribution in [0.5, 0.6) is 0 Å². The minimum Gasteiger partial charge on any atom is -0.345 e. The largest absolute Gasteiger partial charge is 0.345 e. The second-order valence-electron chi connectivity index (χ2n) is 7.63. The number of carbonyl (C=O) groups excluding carboxylic acids is 2.